The molecule has 7 heteroatoms. The number of nitrogens with one attached hydrogen (secondary N) is 2. The third-order valence-electron chi connectivity index (χ3n) is 5.11. The van der Waals surface area contributed by atoms with Gasteiger partial charge in [0.2, 0.25) is 5.91 Å². The van der Waals surface area contributed by atoms with Gasteiger partial charge >= 0.3 is 0 Å². The number of aryl methyl sites for hydroxylation is 1. The van der Waals surface area contributed by atoms with E-state index in [2.05, 4.69) is 15.3 Å². The zero-order chi connectivity index (χ0) is 19.7. The standard InChI is InChI=1S/C21H21ClN4O2/c1-13-8-9-15(11-16(13)22)23-20(27)14-5-4-10-26(12-14)19-21(28)25-18-7-3-2-6-17(18)24-19/h2-3,6-9,11,14H,4-5,10,12H2,1H3,(H,23,27)(H,25,28)/t14-/m1/s1. The van der Waals surface area contributed by atoms with Crippen LogP contribution in [0.1, 0.15) is 18.4 Å². The van der Waals surface area contributed by atoms with Crippen LogP contribution >= 0.6 is 11.6 Å². The molecular formula is C21H21ClN4O2. The van der Waals surface area contributed by atoms with Gasteiger partial charge < -0.3 is 15.2 Å². The first-order valence-electron chi connectivity index (χ1n) is 9.32. The maximum atomic E-state index is 12.8. The number of anilines is 2. The van der Waals surface area contributed by atoms with Crippen LogP contribution in [0.15, 0.2) is 47.3 Å². The molecule has 1 aliphatic heterocycles. The van der Waals surface area contributed by atoms with Crippen molar-refractivity contribution in [3.8, 4) is 0 Å². The summed E-state index contributed by atoms with van der Waals surface area (Å²) in [5.41, 5.74) is 2.85. The lowest BCUT2D eigenvalue weighted by molar-refractivity contribution is -0.120. The predicted molar refractivity (Wildman–Crippen MR) is 112 cm³/mol. The summed E-state index contributed by atoms with van der Waals surface area (Å²) in [4.78, 5) is 34.6. The maximum absolute atomic E-state index is 12.8. The molecule has 1 aliphatic rings. The Balaban J connectivity index is 1.52. The van der Waals surface area contributed by atoms with Crippen molar-refractivity contribution >= 4 is 40.0 Å². The van der Waals surface area contributed by atoms with Crippen LogP contribution in [0.2, 0.25) is 5.02 Å². The number of halogens is 1. The van der Waals surface area contributed by atoms with Gasteiger partial charge in [0.25, 0.3) is 5.56 Å². The number of H-pyrrole nitrogens is 1. The summed E-state index contributed by atoms with van der Waals surface area (Å²) in [6, 6.07) is 12.9. The normalized spacial score (nSPS) is 16.9. The third kappa shape index (κ3) is 3.73. The van der Waals surface area contributed by atoms with Gasteiger partial charge in [0.15, 0.2) is 5.82 Å². The van der Waals surface area contributed by atoms with E-state index in [1.165, 1.54) is 0 Å². The lowest BCUT2D eigenvalue weighted by Crippen LogP contribution is -2.43. The molecule has 0 spiro atoms. The number of carbonyl (C=O) groups excluding carboxylic acids is 1. The van der Waals surface area contributed by atoms with Crippen LogP contribution in [0.4, 0.5) is 11.5 Å². The van der Waals surface area contributed by atoms with Gasteiger partial charge in [-0.15, -0.1) is 0 Å². The number of rotatable bonds is 3. The number of benzene rings is 2. The zero-order valence-electron chi connectivity index (χ0n) is 15.5. The van der Waals surface area contributed by atoms with E-state index in [0.29, 0.717) is 35.1 Å². The van der Waals surface area contributed by atoms with Gasteiger partial charge in [-0.2, -0.15) is 0 Å². The van der Waals surface area contributed by atoms with E-state index >= 15 is 0 Å². The summed E-state index contributed by atoms with van der Waals surface area (Å²) >= 11 is 6.15. The first kappa shape index (κ1) is 18.5. The van der Waals surface area contributed by atoms with Crippen molar-refractivity contribution in [1.29, 1.82) is 0 Å². The Morgan fingerprint density at radius 2 is 2.11 bits per heavy atom. The first-order valence-corrected chi connectivity index (χ1v) is 9.70. The molecule has 1 saturated heterocycles. The molecule has 2 aromatic carbocycles. The topological polar surface area (TPSA) is 78.1 Å². The van der Waals surface area contributed by atoms with Gasteiger partial charge in [0, 0.05) is 23.8 Å². The minimum absolute atomic E-state index is 0.0677. The summed E-state index contributed by atoms with van der Waals surface area (Å²) in [6.45, 7) is 3.08. The average Bonchev–Trinajstić information content (AvgIpc) is 2.70. The van der Waals surface area contributed by atoms with Crippen molar-refractivity contribution < 1.29 is 4.79 Å². The summed E-state index contributed by atoms with van der Waals surface area (Å²) in [5.74, 6) is 0.0814. The van der Waals surface area contributed by atoms with Crippen LogP contribution < -0.4 is 15.8 Å². The summed E-state index contributed by atoms with van der Waals surface area (Å²) in [6.07, 6.45) is 1.59. The van der Waals surface area contributed by atoms with E-state index < -0.39 is 0 Å². The Bertz CT molecular complexity index is 1100. The number of hydrogen-bond donors (Lipinski definition) is 2. The quantitative estimate of drug-likeness (QED) is 0.706. The number of aromatic amines is 1. The molecule has 2 N–H and O–H groups in total. The van der Waals surface area contributed by atoms with Gasteiger partial charge in [0.05, 0.1) is 17.0 Å². The molecule has 1 atom stereocenters. The van der Waals surface area contributed by atoms with E-state index in [1.54, 1.807) is 6.07 Å². The minimum atomic E-state index is -0.231. The monoisotopic (exact) mass is 396 g/mol. The van der Waals surface area contributed by atoms with E-state index in [4.69, 9.17) is 11.6 Å². The number of fused-ring (bicyclic) bond motifs is 1. The molecule has 144 valence electrons. The number of aromatic nitrogens is 2. The fourth-order valence-corrected chi connectivity index (χ4v) is 3.71. The van der Waals surface area contributed by atoms with Crippen molar-refractivity contribution in [2.75, 3.05) is 23.3 Å². The number of amides is 1. The highest BCUT2D eigenvalue weighted by Crippen LogP contribution is 2.24. The molecule has 0 radical (unpaired) electrons. The number of nitrogens with zero attached hydrogens (tertiary/aromatic N) is 2. The van der Waals surface area contributed by atoms with Crippen molar-refractivity contribution in [3.05, 3.63) is 63.4 Å². The highest BCUT2D eigenvalue weighted by Gasteiger charge is 2.28. The molecule has 0 saturated carbocycles. The highest BCUT2D eigenvalue weighted by molar-refractivity contribution is 6.31. The summed E-state index contributed by atoms with van der Waals surface area (Å²) in [7, 11) is 0. The molecule has 6 nitrogen and oxygen atoms in total. The smallest absolute Gasteiger partial charge is 0.291 e. The number of para-hydroxylation sites is 2. The summed E-state index contributed by atoms with van der Waals surface area (Å²) in [5, 5.41) is 3.56. The number of carbonyl (C=O) groups is 1. The Kier molecular flexibility index (Phi) is 5.05. The van der Waals surface area contributed by atoms with Gasteiger partial charge in [-0.05, 0) is 49.6 Å². The average molecular weight is 397 g/mol. The van der Waals surface area contributed by atoms with E-state index in [-0.39, 0.29) is 17.4 Å². The van der Waals surface area contributed by atoms with E-state index in [1.807, 2.05) is 48.2 Å². The third-order valence-corrected chi connectivity index (χ3v) is 5.52. The van der Waals surface area contributed by atoms with Gasteiger partial charge in [-0.1, -0.05) is 29.8 Å². The second kappa shape index (κ2) is 7.64. The molecule has 0 bridgehead atoms. The van der Waals surface area contributed by atoms with Gasteiger partial charge in [-0.25, -0.2) is 4.98 Å². The maximum Gasteiger partial charge on any atom is 0.291 e. The Morgan fingerprint density at radius 3 is 2.93 bits per heavy atom. The van der Waals surface area contributed by atoms with E-state index in [0.717, 1.165) is 23.9 Å². The molecule has 28 heavy (non-hydrogen) atoms. The second-order valence-corrected chi connectivity index (χ2v) is 7.55. The number of hydrogen-bond acceptors (Lipinski definition) is 4. The SMILES string of the molecule is Cc1ccc(NC(=O)[C@@H]2CCCN(c3nc4ccccc4[nH]c3=O)C2)cc1Cl. The molecule has 1 amide bonds. The van der Waals surface area contributed by atoms with Crippen LogP contribution in [0, 0.1) is 12.8 Å². The van der Waals surface area contributed by atoms with Crippen LogP contribution in [0.25, 0.3) is 11.0 Å². The summed E-state index contributed by atoms with van der Waals surface area (Å²) < 4.78 is 0. The molecule has 1 fully saturated rings. The van der Waals surface area contributed by atoms with Gasteiger partial charge in [0.1, 0.15) is 0 Å². The van der Waals surface area contributed by atoms with Gasteiger partial charge in [-0.3, -0.25) is 9.59 Å². The minimum Gasteiger partial charge on any atom is -0.351 e. The van der Waals surface area contributed by atoms with Crippen molar-refractivity contribution in [1.82, 2.24) is 9.97 Å². The van der Waals surface area contributed by atoms with Crippen LogP contribution in [-0.2, 0) is 4.79 Å². The van der Waals surface area contributed by atoms with Crippen LogP contribution in [-0.4, -0.2) is 29.0 Å². The molecule has 2 heterocycles. The molecule has 3 aromatic rings. The van der Waals surface area contributed by atoms with Crippen molar-refractivity contribution in [3.63, 3.8) is 0 Å². The lowest BCUT2D eigenvalue weighted by atomic mass is 9.97. The van der Waals surface area contributed by atoms with E-state index in [9.17, 15) is 9.59 Å². The zero-order valence-corrected chi connectivity index (χ0v) is 16.3. The first-order chi connectivity index (χ1) is 13.5. The highest BCUT2D eigenvalue weighted by atomic mass is 35.5. The van der Waals surface area contributed by atoms with Crippen molar-refractivity contribution in [2.45, 2.75) is 19.8 Å². The number of piperidine rings is 1. The van der Waals surface area contributed by atoms with Crippen LogP contribution in [0.3, 0.4) is 0 Å². The predicted octanol–water partition coefficient (Wildman–Crippen LogP) is 3.74. The molecule has 1 aromatic heterocycles. The fourth-order valence-electron chi connectivity index (χ4n) is 3.53. The Hall–Kier alpha value is -2.86. The van der Waals surface area contributed by atoms with Crippen LogP contribution in [0.5, 0.6) is 0 Å². The largest absolute Gasteiger partial charge is 0.351 e. The Morgan fingerprint density at radius 1 is 1.29 bits per heavy atom. The molecule has 0 aliphatic carbocycles. The van der Waals surface area contributed by atoms with Crippen molar-refractivity contribution in [2.24, 2.45) is 5.92 Å². The molecular weight excluding hydrogens is 376 g/mol. The molecule has 4 rings (SSSR count). The molecule has 0 unspecified atom stereocenters. The Labute approximate surface area is 167 Å². The lowest BCUT2D eigenvalue weighted by Gasteiger charge is -2.32. The second-order valence-electron chi connectivity index (χ2n) is 7.15. The fraction of sp³-hybridized carbons (Fsp3) is 0.286.